The highest BCUT2D eigenvalue weighted by atomic mass is 16.5. The van der Waals surface area contributed by atoms with Crippen molar-refractivity contribution < 1.29 is 14.3 Å². The van der Waals surface area contributed by atoms with E-state index in [1.165, 1.54) is 0 Å². The molecular formula is C22H21N3O3. The van der Waals surface area contributed by atoms with Crippen LogP contribution in [0.2, 0.25) is 0 Å². The molecule has 1 aliphatic rings. The predicted octanol–water partition coefficient (Wildman–Crippen LogP) is 2.39. The van der Waals surface area contributed by atoms with Crippen LogP contribution >= 0.6 is 0 Å². The van der Waals surface area contributed by atoms with Gasteiger partial charge in [0.25, 0.3) is 5.91 Å². The van der Waals surface area contributed by atoms with Crippen LogP contribution in [0.1, 0.15) is 16.1 Å². The summed E-state index contributed by atoms with van der Waals surface area (Å²) in [4.78, 5) is 30.8. The zero-order valence-electron chi connectivity index (χ0n) is 15.4. The topological polar surface area (TPSA) is 71.5 Å². The molecule has 1 aromatic heterocycles. The summed E-state index contributed by atoms with van der Waals surface area (Å²) in [5.41, 5.74) is 2.22. The molecule has 0 radical (unpaired) electrons. The highest BCUT2D eigenvalue weighted by Crippen LogP contribution is 2.13. The van der Waals surface area contributed by atoms with Crippen molar-refractivity contribution in [1.82, 2.24) is 15.2 Å². The summed E-state index contributed by atoms with van der Waals surface area (Å²) < 4.78 is 5.59. The Morgan fingerprint density at radius 2 is 1.86 bits per heavy atom. The molecule has 1 N–H and O–H groups in total. The molecule has 4 rings (SSSR count). The molecule has 6 heteroatoms. The molecular weight excluding hydrogens is 354 g/mol. The summed E-state index contributed by atoms with van der Waals surface area (Å²) in [5.74, 6) is -0.288. The molecule has 1 atom stereocenters. The fourth-order valence-corrected chi connectivity index (χ4v) is 3.25. The van der Waals surface area contributed by atoms with E-state index in [4.69, 9.17) is 4.74 Å². The van der Waals surface area contributed by atoms with Gasteiger partial charge in [0.15, 0.2) is 0 Å². The van der Waals surface area contributed by atoms with E-state index in [0.29, 0.717) is 25.3 Å². The number of pyridine rings is 1. The Morgan fingerprint density at radius 3 is 2.71 bits per heavy atom. The van der Waals surface area contributed by atoms with Crippen molar-refractivity contribution in [2.75, 3.05) is 19.7 Å². The molecule has 3 aromatic rings. The fraction of sp³-hybridized carbons (Fsp3) is 0.227. The summed E-state index contributed by atoms with van der Waals surface area (Å²) in [7, 11) is 0. The smallest absolute Gasteiger partial charge is 0.269 e. The van der Waals surface area contributed by atoms with Crippen LogP contribution in [0, 0.1) is 0 Å². The predicted molar refractivity (Wildman–Crippen MR) is 106 cm³/mol. The van der Waals surface area contributed by atoms with Crippen LogP contribution in [0.25, 0.3) is 10.9 Å². The van der Waals surface area contributed by atoms with Crippen LogP contribution in [-0.4, -0.2) is 47.5 Å². The Hall–Kier alpha value is -3.25. The Bertz CT molecular complexity index is 990. The lowest BCUT2D eigenvalue weighted by Gasteiger charge is -2.33. The average Bonchev–Trinajstić information content (AvgIpc) is 2.74. The number of amides is 2. The van der Waals surface area contributed by atoms with Gasteiger partial charge in [-0.1, -0.05) is 54.6 Å². The molecule has 2 aromatic carbocycles. The minimum Gasteiger partial charge on any atom is -0.365 e. The van der Waals surface area contributed by atoms with Crippen LogP contribution in [0.3, 0.4) is 0 Å². The van der Waals surface area contributed by atoms with Crippen molar-refractivity contribution in [3.8, 4) is 0 Å². The quantitative estimate of drug-likeness (QED) is 0.743. The number of aromatic nitrogens is 1. The first-order valence-electron chi connectivity index (χ1n) is 9.26. The number of fused-ring (bicyclic) bond motifs is 1. The second-order valence-corrected chi connectivity index (χ2v) is 6.79. The number of ether oxygens (including phenoxy) is 1. The van der Waals surface area contributed by atoms with Gasteiger partial charge < -0.3 is 15.0 Å². The molecule has 142 valence electrons. The van der Waals surface area contributed by atoms with Crippen molar-refractivity contribution in [2.45, 2.75) is 12.6 Å². The molecule has 1 aliphatic heterocycles. The number of hydrogen-bond acceptors (Lipinski definition) is 4. The molecule has 1 fully saturated rings. The monoisotopic (exact) mass is 375 g/mol. The molecule has 6 nitrogen and oxygen atoms in total. The van der Waals surface area contributed by atoms with Crippen molar-refractivity contribution in [1.29, 1.82) is 0 Å². The highest BCUT2D eigenvalue weighted by Gasteiger charge is 2.26. The van der Waals surface area contributed by atoms with E-state index < -0.39 is 0 Å². The number of nitrogens with one attached hydrogen (secondary N) is 1. The van der Waals surface area contributed by atoms with Gasteiger partial charge in [0.05, 0.1) is 11.6 Å². The van der Waals surface area contributed by atoms with Crippen molar-refractivity contribution in [2.24, 2.45) is 0 Å². The molecule has 1 saturated heterocycles. The highest BCUT2D eigenvalue weighted by molar-refractivity contribution is 5.94. The Kier molecular flexibility index (Phi) is 5.30. The van der Waals surface area contributed by atoms with Gasteiger partial charge >= 0.3 is 0 Å². The lowest BCUT2D eigenvalue weighted by Crippen LogP contribution is -2.50. The first kappa shape index (κ1) is 18.1. The Labute approximate surface area is 163 Å². The second-order valence-electron chi connectivity index (χ2n) is 6.79. The summed E-state index contributed by atoms with van der Waals surface area (Å²) in [5, 5.41) is 3.86. The summed E-state index contributed by atoms with van der Waals surface area (Å²) in [6.45, 7) is 1.34. The number of hydrogen-bond donors (Lipinski definition) is 1. The minimum absolute atomic E-state index is 0.0294. The summed E-state index contributed by atoms with van der Waals surface area (Å²) >= 11 is 0. The van der Waals surface area contributed by atoms with E-state index in [2.05, 4.69) is 10.3 Å². The number of benzene rings is 2. The first-order valence-corrected chi connectivity index (χ1v) is 9.26. The standard InChI is InChI=1S/C22H21N3O3/c26-21-15-28-18(14-25(21)13-16-6-2-1-3-7-16)12-23-22(27)20-11-10-17-8-4-5-9-19(17)24-20/h1-11,18H,12-15H2,(H,23,27). The van der Waals surface area contributed by atoms with Crippen LogP contribution in [0.5, 0.6) is 0 Å². The molecule has 1 unspecified atom stereocenters. The van der Waals surface area contributed by atoms with Gasteiger partial charge in [0.1, 0.15) is 12.3 Å². The number of rotatable bonds is 5. The van der Waals surface area contributed by atoms with Crippen molar-refractivity contribution >= 4 is 22.7 Å². The van der Waals surface area contributed by atoms with Crippen LogP contribution in [0.15, 0.2) is 66.7 Å². The average molecular weight is 375 g/mol. The van der Waals surface area contributed by atoms with Crippen LogP contribution in [-0.2, 0) is 16.1 Å². The third-order valence-electron chi connectivity index (χ3n) is 4.76. The van der Waals surface area contributed by atoms with Crippen molar-refractivity contribution in [3.63, 3.8) is 0 Å². The maximum absolute atomic E-state index is 12.5. The van der Waals surface area contributed by atoms with Gasteiger partial charge in [-0.25, -0.2) is 4.98 Å². The lowest BCUT2D eigenvalue weighted by atomic mass is 10.2. The molecule has 2 heterocycles. The third kappa shape index (κ3) is 4.18. The second kappa shape index (κ2) is 8.19. The summed E-state index contributed by atoms with van der Waals surface area (Å²) in [6, 6.07) is 21.1. The van der Waals surface area contributed by atoms with Gasteiger partial charge in [-0.3, -0.25) is 9.59 Å². The van der Waals surface area contributed by atoms with E-state index >= 15 is 0 Å². The van der Waals surface area contributed by atoms with Gasteiger partial charge in [-0.2, -0.15) is 0 Å². The van der Waals surface area contributed by atoms with Crippen LogP contribution in [0.4, 0.5) is 0 Å². The zero-order valence-corrected chi connectivity index (χ0v) is 15.4. The van der Waals surface area contributed by atoms with E-state index in [0.717, 1.165) is 16.5 Å². The van der Waals surface area contributed by atoms with E-state index in [-0.39, 0.29) is 24.5 Å². The maximum atomic E-state index is 12.5. The normalized spacial score (nSPS) is 16.9. The fourth-order valence-electron chi connectivity index (χ4n) is 3.25. The SMILES string of the molecule is O=C(NCC1CN(Cc2ccccc2)C(=O)CO1)c1ccc2ccccc2n1. The van der Waals surface area contributed by atoms with Crippen molar-refractivity contribution in [3.05, 3.63) is 78.0 Å². The van der Waals surface area contributed by atoms with Gasteiger partial charge in [-0.15, -0.1) is 0 Å². The molecule has 0 saturated carbocycles. The maximum Gasteiger partial charge on any atom is 0.269 e. The Morgan fingerprint density at radius 1 is 1.07 bits per heavy atom. The lowest BCUT2D eigenvalue weighted by molar-refractivity contribution is -0.149. The molecule has 2 amide bonds. The third-order valence-corrected chi connectivity index (χ3v) is 4.76. The van der Waals surface area contributed by atoms with E-state index in [1.54, 1.807) is 11.0 Å². The van der Waals surface area contributed by atoms with E-state index in [1.807, 2.05) is 60.7 Å². The molecule has 28 heavy (non-hydrogen) atoms. The van der Waals surface area contributed by atoms with Crippen LogP contribution < -0.4 is 5.32 Å². The van der Waals surface area contributed by atoms with Gasteiger partial charge in [0, 0.05) is 25.0 Å². The summed E-state index contributed by atoms with van der Waals surface area (Å²) in [6.07, 6.45) is -0.245. The molecule has 0 bridgehead atoms. The number of para-hydroxylation sites is 1. The molecule has 0 spiro atoms. The number of carbonyl (C=O) groups is 2. The van der Waals surface area contributed by atoms with Gasteiger partial charge in [0.2, 0.25) is 5.91 Å². The minimum atomic E-state index is -0.249. The Balaban J connectivity index is 1.35. The van der Waals surface area contributed by atoms with E-state index in [9.17, 15) is 9.59 Å². The first-order chi connectivity index (χ1) is 13.7. The number of carbonyl (C=O) groups excluding carboxylic acids is 2. The van der Waals surface area contributed by atoms with Gasteiger partial charge in [-0.05, 0) is 17.7 Å². The number of morpholine rings is 1. The molecule has 0 aliphatic carbocycles. The zero-order chi connectivity index (χ0) is 19.3. The number of nitrogens with zero attached hydrogens (tertiary/aromatic N) is 2. The largest absolute Gasteiger partial charge is 0.365 e.